The first-order chi connectivity index (χ1) is 14.9. The van der Waals surface area contributed by atoms with Crippen molar-refractivity contribution in [2.45, 2.75) is 12.3 Å². The lowest BCUT2D eigenvalue weighted by Gasteiger charge is -2.28. The molecule has 1 aliphatic rings. The fourth-order valence-electron chi connectivity index (χ4n) is 3.84. The molecular formula is C24H19ClO6. The van der Waals surface area contributed by atoms with Gasteiger partial charge in [-0.25, -0.2) is 0 Å². The molecule has 0 saturated carbocycles. The van der Waals surface area contributed by atoms with Gasteiger partial charge >= 0.3 is 5.97 Å². The van der Waals surface area contributed by atoms with Gasteiger partial charge in [0.25, 0.3) is 0 Å². The van der Waals surface area contributed by atoms with Gasteiger partial charge < -0.3 is 19.3 Å². The molecule has 7 heteroatoms. The highest BCUT2D eigenvalue weighted by atomic mass is 35.5. The van der Waals surface area contributed by atoms with Gasteiger partial charge in [0.1, 0.15) is 11.5 Å². The Morgan fingerprint density at radius 2 is 1.81 bits per heavy atom. The molecule has 1 heterocycles. The van der Waals surface area contributed by atoms with E-state index in [0.717, 1.165) is 0 Å². The summed E-state index contributed by atoms with van der Waals surface area (Å²) < 4.78 is 16.3. The zero-order chi connectivity index (χ0) is 22.1. The topological polar surface area (TPSA) is 82.1 Å². The smallest absolute Gasteiger partial charge is 0.312 e. The second-order valence-corrected chi connectivity index (χ2v) is 7.46. The van der Waals surface area contributed by atoms with Crippen molar-refractivity contribution in [3.8, 4) is 23.0 Å². The van der Waals surface area contributed by atoms with Gasteiger partial charge in [0.05, 0.1) is 26.2 Å². The average Bonchev–Trinajstić information content (AvgIpc) is 2.78. The number of hydrogen-bond donors (Lipinski definition) is 1. The molecule has 1 aliphatic heterocycles. The number of carbonyl (C=O) groups excluding carboxylic acids is 2. The molecule has 3 aromatic rings. The number of fused-ring (bicyclic) bond motifs is 1. The number of rotatable bonds is 5. The van der Waals surface area contributed by atoms with Crippen LogP contribution in [0, 0.1) is 0 Å². The number of phenols is 1. The summed E-state index contributed by atoms with van der Waals surface area (Å²) in [6.07, 6.45) is -0.0251. The number of methoxy groups -OCH3 is 2. The summed E-state index contributed by atoms with van der Waals surface area (Å²) in [4.78, 5) is 25.3. The number of para-hydroxylation sites is 1. The van der Waals surface area contributed by atoms with Crippen LogP contribution in [0.2, 0.25) is 5.02 Å². The maximum absolute atomic E-state index is 13.0. The van der Waals surface area contributed by atoms with E-state index in [4.69, 9.17) is 25.8 Å². The second kappa shape index (κ2) is 8.32. The van der Waals surface area contributed by atoms with Crippen LogP contribution < -0.4 is 14.2 Å². The van der Waals surface area contributed by atoms with Crippen molar-refractivity contribution in [3.05, 3.63) is 81.9 Å². The Kier molecular flexibility index (Phi) is 5.57. The van der Waals surface area contributed by atoms with Crippen molar-refractivity contribution in [2.75, 3.05) is 14.2 Å². The van der Waals surface area contributed by atoms with Crippen molar-refractivity contribution in [1.29, 1.82) is 0 Å². The third-order valence-corrected chi connectivity index (χ3v) is 5.53. The first-order valence-electron chi connectivity index (χ1n) is 9.52. The molecule has 31 heavy (non-hydrogen) atoms. The molecule has 0 fully saturated rings. The lowest BCUT2D eigenvalue weighted by molar-refractivity contribution is -0.135. The van der Waals surface area contributed by atoms with E-state index in [0.29, 0.717) is 33.2 Å². The quantitative estimate of drug-likeness (QED) is 0.352. The fraction of sp³-hybridized carbons (Fsp3) is 0.167. The van der Waals surface area contributed by atoms with Crippen LogP contribution in [0.25, 0.3) is 0 Å². The predicted molar refractivity (Wildman–Crippen MR) is 115 cm³/mol. The van der Waals surface area contributed by atoms with Gasteiger partial charge in [-0.3, -0.25) is 9.59 Å². The zero-order valence-corrected chi connectivity index (χ0v) is 17.6. The van der Waals surface area contributed by atoms with E-state index >= 15 is 0 Å². The Hall–Kier alpha value is -3.51. The highest BCUT2D eigenvalue weighted by Gasteiger charge is 2.35. The van der Waals surface area contributed by atoms with E-state index in [1.165, 1.54) is 26.4 Å². The van der Waals surface area contributed by atoms with Crippen LogP contribution in [0.1, 0.15) is 39.4 Å². The standard InChI is InChI=1S/C24H19ClO6/c1-29-19-5-3-4-15(24(19)30-2)17-12-20(26)31-18-11-10-16(23(28)21(17)18)22(27)13-6-8-14(25)9-7-13/h3-11,17,28H,12H2,1-2H3/t17-/m0/s1. The SMILES string of the molecule is COc1cccc([C@@H]2CC(=O)Oc3ccc(C(=O)c4ccc(Cl)cc4)c(O)c32)c1OC. The molecule has 0 aromatic heterocycles. The number of carbonyl (C=O) groups is 2. The van der Waals surface area contributed by atoms with Crippen LogP contribution in [-0.4, -0.2) is 31.1 Å². The van der Waals surface area contributed by atoms with Crippen LogP contribution in [0.15, 0.2) is 54.6 Å². The summed E-state index contributed by atoms with van der Waals surface area (Å²) in [6.45, 7) is 0. The summed E-state index contributed by atoms with van der Waals surface area (Å²) in [7, 11) is 3.02. The van der Waals surface area contributed by atoms with Gasteiger partial charge in [0.15, 0.2) is 17.3 Å². The van der Waals surface area contributed by atoms with Gasteiger partial charge in [-0.15, -0.1) is 0 Å². The van der Waals surface area contributed by atoms with Crippen LogP contribution in [-0.2, 0) is 4.79 Å². The summed E-state index contributed by atoms with van der Waals surface area (Å²) in [5.74, 6) is -0.489. The minimum atomic E-state index is -0.584. The normalized spacial score (nSPS) is 15.1. The lowest BCUT2D eigenvalue weighted by atomic mass is 9.83. The fourth-order valence-corrected chi connectivity index (χ4v) is 3.97. The molecular weight excluding hydrogens is 420 g/mol. The average molecular weight is 439 g/mol. The van der Waals surface area contributed by atoms with Crippen LogP contribution in [0.5, 0.6) is 23.0 Å². The lowest BCUT2D eigenvalue weighted by Crippen LogP contribution is -2.22. The van der Waals surface area contributed by atoms with Crippen LogP contribution >= 0.6 is 11.6 Å². The van der Waals surface area contributed by atoms with E-state index in [1.807, 2.05) is 0 Å². The molecule has 0 radical (unpaired) electrons. The largest absolute Gasteiger partial charge is 0.507 e. The maximum atomic E-state index is 13.0. The van der Waals surface area contributed by atoms with Crippen molar-refractivity contribution in [2.24, 2.45) is 0 Å². The molecule has 4 rings (SSSR count). The van der Waals surface area contributed by atoms with E-state index in [2.05, 4.69) is 0 Å². The zero-order valence-electron chi connectivity index (χ0n) is 16.8. The number of ketones is 1. The molecule has 0 unspecified atom stereocenters. The monoisotopic (exact) mass is 438 g/mol. The minimum absolute atomic E-state index is 0.0251. The van der Waals surface area contributed by atoms with E-state index in [-0.39, 0.29) is 29.3 Å². The van der Waals surface area contributed by atoms with E-state index in [9.17, 15) is 14.7 Å². The Bertz CT molecular complexity index is 1170. The van der Waals surface area contributed by atoms with Crippen LogP contribution in [0.4, 0.5) is 0 Å². The summed E-state index contributed by atoms with van der Waals surface area (Å²) in [5, 5.41) is 11.6. The van der Waals surface area contributed by atoms with Gasteiger partial charge in [-0.1, -0.05) is 23.7 Å². The Balaban J connectivity index is 1.87. The molecule has 0 bridgehead atoms. The molecule has 3 aromatic carbocycles. The number of benzene rings is 3. The third-order valence-electron chi connectivity index (χ3n) is 5.28. The van der Waals surface area contributed by atoms with Gasteiger partial charge in [0.2, 0.25) is 0 Å². The second-order valence-electron chi connectivity index (χ2n) is 7.02. The number of phenolic OH excluding ortho intramolecular Hbond substituents is 1. The molecule has 0 aliphatic carbocycles. The maximum Gasteiger partial charge on any atom is 0.312 e. The van der Waals surface area contributed by atoms with Crippen molar-refractivity contribution >= 4 is 23.4 Å². The summed E-state index contributed by atoms with van der Waals surface area (Å²) in [6, 6.07) is 14.7. The van der Waals surface area contributed by atoms with Gasteiger partial charge in [0, 0.05) is 27.6 Å². The Morgan fingerprint density at radius 1 is 1.06 bits per heavy atom. The highest BCUT2D eigenvalue weighted by Crippen LogP contribution is 2.49. The predicted octanol–water partition coefficient (Wildman–Crippen LogP) is 4.73. The molecule has 158 valence electrons. The Labute approximate surface area is 183 Å². The van der Waals surface area contributed by atoms with Crippen LogP contribution in [0.3, 0.4) is 0 Å². The molecule has 6 nitrogen and oxygen atoms in total. The van der Waals surface area contributed by atoms with E-state index in [1.54, 1.807) is 42.5 Å². The molecule has 0 spiro atoms. The van der Waals surface area contributed by atoms with Gasteiger partial charge in [-0.05, 0) is 42.5 Å². The molecule has 0 saturated heterocycles. The van der Waals surface area contributed by atoms with E-state index < -0.39 is 11.9 Å². The number of halogens is 1. The Morgan fingerprint density at radius 3 is 2.48 bits per heavy atom. The number of esters is 1. The number of ether oxygens (including phenoxy) is 3. The van der Waals surface area contributed by atoms with Crippen molar-refractivity contribution in [1.82, 2.24) is 0 Å². The highest BCUT2D eigenvalue weighted by molar-refractivity contribution is 6.30. The van der Waals surface area contributed by atoms with Crippen molar-refractivity contribution in [3.63, 3.8) is 0 Å². The first kappa shape index (κ1) is 20.8. The first-order valence-corrected chi connectivity index (χ1v) is 9.90. The minimum Gasteiger partial charge on any atom is -0.507 e. The number of hydrogen-bond acceptors (Lipinski definition) is 6. The number of aromatic hydroxyl groups is 1. The van der Waals surface area contributed by atoms with Gasteiger partial charge in [-0.2, -0.15) is 0 Å². The molecule has 1 atom stereocenters. The summed E-state index contributed by atoms with van der Waals surface area (Å²) >= 11 is 5.91. The third kappa shape index (κ3) is 3.70. The summed E-state index contributed by atoms with van der Waals surface area (Å²) in [5.41, 5.74) is 1.48. The van der Waals surface area contributed by atoms with Crippen molar-refractivity contribution < 1.29 is 28.9 Å². The molecule has 0 amide bonds. The molecule has 1 N–H and O–H groups in total.